The lowest BCUT2D eigenvalue weighted by Gasteiger charge is -2.04. The van der Waals surface area contributed by atoms with Gasteiger partial charge in [0.1, 0.15) is 5.82 Å². The minimum absolute atomic E-state index is 0.101. The fourth-order valence-electron chi connectivity index (χ4n) is 0.907. The highest BCUT2D eigenvalue weighted by atomic mass is 32.2. The summed E-state index contributed by atoms with van der Waals surface area (Å²) in [6.07, 6.45) is 0. The number of amides is 1. The summed E-state index contributed by atoms with van der Waals surface area (Å²) in [4.78, 5) is 11.3. The van der Waals surface area contributed by atoms with Gasteiger partial charge >= 0.3 is 0 Å². The van der Waals surface area contributed by atoms with Crippen molar-refractivity contribution in [2.45, 2.75) is 0 Å². The van der Waals surface area contributed by atoms with E-state index in [1.54, 1.807) is 0 Å². The zero-order valence-corrected chi connectivity index (χ0v) is 9.13. The zero-order valence-electron chi connectivity index (χ0n) is 8.31. The topological polar surface area (TPSA) is 93.5 Å². The number of hydrogen-bond acceptors (Lipinski definition) is 4. The van der Waals surface area contributed by atoms with E-state index in [1.807, 2.05) is 0 Å². The second-order valence-corrected chi connectivity index (χ2v) is 3.81. The molecule has 0 saturated heterocycles. The lowest BCUT2D eigenvalue weighted by atomic mass is 10.3. The molecule has 0 aliphatic carbocycles. The maximum atomic E-state index is 12.6. The largest absolute Gasteiger partial charge is 0.377 e. The molecule has 7 heteroatoms. The molecule has 1 rings (SSSR count). The van der Waals surface area contributed by atoms with Crippen LogP contribution in [-0.4, -0.2) is 16.8 Å². The smallest absolute Gasteiger partial charge is 0.234 e. The second kappa shape index (κ2) is 5.96. The Balaban J connectivity index is 2.43. The van der Waals surface area contributed by atoms with Crippen LogP contribution >= 0.6 is 11.8 Å². The van der Waals surface area contributed by atoms with Gasteiger partial charge in [-0.15, -0.1) is 0 Å². The van der Waals surface area contributed by atoms with Crippen molar-refractivity contribution in [2.75, 3.05) is 11.1 Å². The highest BCUT2D eigenvalue weighted by Gasteiger charge is 2.04. The highest BCUT2D eigenvalue weighted by molar-refractivity contribution is 8.14. The van der Waals surface area contributed by atoms with E-state index >= 15 is 0 Å². The van der Waals surface area contributed by atoms with Crippen LogP contribution in [0.2, 0.25) is 0 Å². The Labute approximate surface area is 96.1 Å². The molecule has 1 amide bonds. The predicted molar refractivity (Wildman–Crippen MR) is 63.3 cm³/mol. The fraction of sp³-hybridized carbons (Fsp3) is 0.111. The number of anilines is 1. The van der Waals surface area contributed by atoms with Gasteiger partial charge in [0.05, 0.1) is 5.75 Å². The first-order chi connectivity index (χ1) is 7.61. The zero-order chi connectivity index (χ0) is 12.0. The van der Waals surface area contributed by atoms with Crippen LogP contribution < -0.4 is 16.9 Å². The van der Waals surface area contributed by atoms with Crippen molar-refractivity contribution in [1.82, 2.24) is 0 Å². The number of hydrazone groups is 1. The molecule has 0 saturated carbocycles. The molecule has 0 aromatic heterocycles. The van der Waals surface area contributed by atoms with Gasteiger partial charge in [0.25, 0.3) is 0 Å². The number of carbonyl (C=O) groups excluding carboxylic acids is 1. The minimum Gasteiger partial charge on any atom is -0.377 e. The molecule has 1 aromatic rings. The first-order valence-electron chi connectivity index (χ1n) is 4.33. The van der Waals surface area contributed by atoms with Crippen LogP contribution in [0.3, 0.4) is 0 Å². The number of nitrogens with one attached hydrogen (secondary N) is 1. The van der Waals surface area contributed by atoms with Crippen LogP contribution in [0.5, 0.6) is 0 Å². The van der Waals surface area contributed by atoms with Crippen LogP contribution in [0.1, 0.15) is 0 Å². The van der Waals surface area contributed by atoms with E-state index in [9.17, 15) is 9.18 Å². The molecule has 86 valence electrons. The Bertz CT molecular complexity index is 393. The van der Waals surface area contributed by atoms with Crippen LogP contribution in [0, 0.1) is 5.82 Å². The molecule has 5 nitrogen and oxygen atoms in total. The molecule has 0 bridgehead atoms. The van der Waals surface area contributed by atoms with Gasteiger partial charge in [-0.3, -0.25) is 4.79 Å². The summed E-state index contributed by atoms with van der Waals surface area (Å²) in [5.74, 6) is 4.38. The summed E-state index contributed by atoms with van der Waals surface area (Å²) in [7, 11) is 0. The average molecular weight is 242 g/mol. The number of rotatable bonds is 3. The van der Waals surface area contributed by atoms with Crippen LogP contribution in [0.25, 0.3) is 0 Å². The van der Waals surface area contributed by atoms with Crippen molar-refractivity contribution in [1.29, 1.82) is 0 Å². The van der Waals surface area contributed by atoms with Gasteiger partial charge in [-0.1, -0.05) is 11.8 Å². The number of benzene rings is 1. The van der Waals surface area contributed by atoms with Crippen molar-refractivity contribution in [2.24, 2.45) is 16.7 Å². The summed E-state index contributed by atoms with van der Waals surface area (Å²) in [5, 5.41) is 5.91. The van der Waals surface area contributed by atoms with Gasteiger partial charge in [0, 0.05) is 5.69 Å². The molecular weight excluding hydrogens is 231 g/mol. The van der Waals surface area contributed by atoms with Gasteiger partial charge in [-0.2, -0.15) is 5.10 Å². The molecule has 0 heterocycles. The van der Waals surface area contributed by atoms with Gasteiger partial charge in [0.2, 0.25) is 5.91 Å². The maximum Gasteiger partial charge on any atom is 0.234 e. The summed E-state index contributed by atoms with van der Waals surface area (Å²) in [6, 6.07) is 5.47. The molecule has 0 fully saturated rings. The van der Waals surface area contributed by atoms with Crippen molar-refractivity contribution < 1.29 is 9.18 Å². The number of carbonyl (C=O) groups is 1. The Morgan fingerprint density at radius 3 is 2.62 bits per heavy atom. The Kier molecular flexibility index (Phi) is 4.59. The molecule has 1 aromatic carbocycles. The SMILES string of the molecule is NN=C(N)SCC(=O)Nc1ccc(F)cc1. The third kappa shape index (κ3) is 4.18. The molecule has 5 N–H and O–H groups in total. The summed E-state index contributed by atoms with van der Waals surface area (Å²) in [6.45, 7) is 0. The third-order valence-corrected chi connectivity index (χ3v) is 2.41. The van der Waals surface area contributed by atoms with Crippen LogP contribution in [0.15, 0.2) is 29.4 Å². The van der Waals surface area contributed by atoms with E-state index in [0.717, 1.165) is 11.8 Å². The van der Waals surface area contributed by atoms with Gasteiger partial charge < -0.3 is 16.9 Å². The van der Waals surface area contributed by atoms with Crippen molar-refractivity contribution in [3.8, 4) is 0 Å². The standard InChI is InChI=1S/C9H11FN4OS/c10-6-1-3-7(4-2-6)13-8(15)5-16-9(11)14-12/h1-4H,5,12H2,(H2,11,14)(H,13,15). The second-order valence-electron chi connectivity index (χ2n) is 2.81. The van der Waals surface area contributed by atoms with Crippen LogP contribution in [0.4, 0.5) is 10.1 Å². The van der Waals surface area contributed by atoms with E-state index in [2.05, 4.69) is 10.4 Å². The number of nitrogens with two attached hydrogens (primary N) is 2. The Morgan fingerprint density at radius 1 is 1.44 bits per heavy atom. The molecule has 0 unspecified atom stereocenters. The summed E-state index contributed by atoms with van der Waals surface area (Å²) in [5.41, 5.74) is 5.82. The van der Waals surface area contributed by atoms with Crippen molar-refractivity contribution >= 4 is 28.5 Å². The van der Waals surface area contributed by atoms with Gasteiger partial charge in [-0.25, -0.2) is 4.39 Å². The molecule has 16 heavy (non-hydrogen) atoms. The monoisotopic (exact) mass is 242 g/mol. The van der Waals surface area contributed by atoms with Gasteiger partial charge in [0.15, 0.2) is 5.17 Å². The summed E-state index contributed by atoms with van der Waals surface area (Å²) < 4.78 is 12.6. The quantitative estimate of drug-likeness (QED) is 0.314. The molecular formula is C9H11FN4OS. The molecule has 0 spiro atoms. The molecule has 0 atom stereocenters. The normalized spacial score (nSPS) is 11.2. The van der Waals surface area contributed by atoms with E-state index in [0.29, 0.717) is 5.69 Å². The number of halogens is 1. The van der Waals surface area contributed by atoms with Crippen molar-refractivity contribution in [3.05, 3.63) is 30.1 Å². The van der Waals surface area contributed by atoms with E-state index < -0.39 is 0 Å². The number of thioether (sulfide) groups is 1. The first-order valence-corrected chi connectivity index (χ1v) is 5.32. The average Bonchev–Trinajstić information content (AvgIpc) is 2.29. The lowest BCUT2D eigenvalue weighted by Crippen LogP contribution is -2.18. The number of amidine groups is 1. The Morgan fingerprint density at radius 2 is 2.06 bits per heavy atom. The Hall–Kier alpha value is -1.76. The highest BCUT2D eigenvalue weighted by Crippen LogP contribution is 2.09. The van der Waals surface area contributed by atoms with Crippen LogP contribution in [-0.2, 0) is 4.79 Å². The lowest BCUT2D eigenvalue weighted by molar-refractivity contribution is -0.113. The van der Waals surface area contributed by atoms with E-state index in [-0.39, 0.29) is 22.6 Å². The van der Waals surface area contributed by atoms with E-state index in [1.165, 1.54) is 24.3 Å². The predicted octanol–water partition coefficient (Wildman–Crippen LogP) is 0.686. The van der Waals surface area contributed by atoms with Crippen molar-refractivity contribution in [3.63, 3.8) is 0 Å². The fourth-order valence-corrected chi connectivity index (χ4v) is 1.33. The van der Waals surface area contributed by atoms with E-state index in [4.69, 9.17) is 11.6 Å². The number of nitrogens with zero attached hydrogens (tertiary/aromatic N) is 1. The molecule has 0 aliphatic rings. The minimum atomic E-state index is -0.355. The van der Waals surface area contributed by atoms with Gasteiger partial charge in [-0.05, 0) is 24.3 Å². The maximum absolute atomic E-state index is 12.6. The number of hydrogen-bond donors (Lipinski definition) is 3. The molecule has 0 aliphatic heterocycles. The third-order valence-electron chi connectivity index (χ3n) is 1.61. The summed E-state index contributed by atoms with van der Waals surface area (Å²) >= 11 is 1.02. The first kappa shape index (κ1) is 12.3. The molecule has 0 radical (unpaired) electrons.